The van der Waals surface area contributed by atoms with Gasteiger partial charge in [0, 0.05) is 5.56 Å². The lowest BCUT2D eigenvalue weighted by atomic mass is 10.0. The predicted molar refractivity (Wildman–Crippen MR) is 73.3 cm³/mol. The summed E-state index contributed by atoms with van der Waals surface area (Å²) in [5.41, 5.74) is 4.13. The van der Waals surface area contributed by atoms with Crippen LogP contribution in [0.15, 0.2) is 30.3 Å². The first-order valence-corrected chi connectivity index (χ1v) is 6.84. The minimum atomic E-state index is -2.29. The van der Waals surface area contributed by atoms with Crippen LogP contribution in [0.3, 0.4) is 0 Å². The van der Waals surface area contributed by atoms with E-state index in [0.29, 0.717) is 11.7 Å². The fraction of sp³-hybridized carbons (Fsp3) is 0.286. The fourth-order valence-electron chi connectivity index (χ4n) is 2.04. The summed E-state index contributed by atoms with van der Waals surface area (Å²) in [6.45, 7) is 6.19. The molecule has 0 aromatic carbocycles. The second kappa shape index (κ2) is 5.08. The number of hydrogen-bond acceptors (Lipinski definition) is 2. The Hall–Kier alpha value is -1.39. The molecule has 96 valence electrons. The molecule has 0 amide bonds. The predicted octanol–water partition coefficient (Wildman–Crippen LogP) is 3.74. The molecule has 2 aliphatic carbocycles. The van der Waals surface area contributed by atoms with E-state index in [1.807, 2.05) is 25.1 Å². The first-order valence-electron chi connectivity index (χ1n) is 5.81. The molecule has 3 nitrogen and oxygen atoms in total. The zero-order valence-corrected chi connectivity index (χ0v) is 11.5. The zero-order valence-electron chi connectivity index (χ0n) is 10.6. The molecule has 0 heterocycles. The zero-order chi connectivity index (χ0) is 13.3. The minimum Gasteiger partial charge on any atom is -0.379 e. The third kappa shape index (κ3) is 2.54. The van der Waals surface area contributed by atoms with Crippen molar-refractivity contribution in [3.8, 4) is 16.9 Å². The molecule has 0 aliphatic heterocycles. The Balaban J connectivity index is 2.61. The van der Waals surface area contributed by atoms with Gasteiger partial charge in [-0.2, -0.15) is 4.21 Å². The van der Waals surface area contributed by atoms with Crippen LogP contribution in [0, 0.1) is 6.92 Å². The molecule has 0 saturated carbocycles. The van der Waals surface area contributed by atoms with Gasteiger partial charge in [-0.05, 0) is 41.7 Å². The molecule has 1 N–H and O–H groups in total. The summed E-state index contributed by atoms with van der Waals surface area (Å²) in [7, 11) is 0. The van der Waals surface area contributed by atoms with E-state index in [-0.39, 0.29) is 0 Å². The molecule has 2 rings (SSSR count). The maximum absolute atomic E-state index is 10.8. The highest BCUT2D eigenvalue weighted by Gasteiger charge is 2.16. The van der Waals surface area contributed by atoms with Crippen LogP contribution in [0.2, 0.25) is 0 Å². The van der Waals surface area contributed by atoms with E-state index in [9.17, 15) is 4.21 Å². The largest absolute Gasteiger partial charge is 0.379 e. The van der Waals surface area contributed by atoms with E-state index in [4.69, 9.17) is 8.74 Å². The lowest BCUT2D eigenvalue weighted by Gasteiger charge is -2.04. The average Bonchev–Trinajstić information content (AvgIpc) is 2.50. The van der Waals surface area contributed by atoms with Crippen molar-refractivity contribution in [2.24, 2.45) is 0 Å². The maximum atomic E-state index is 10.8. The van der Waals surface area contributed by atoms with E-state index in [2.05, 4.69) is 19.9 Å². The Kier molecular flexibility index (Phi) is 3.68. The van der Waals surface area contributed by atoms with Gasteiger partial charge in [-0.15, -0.1) is 0 Å². The molecule has 18 heavy (non-hydrogen) atoms. The van der Waals surface area contributed by atoms with Crippen molar-refractivity contribution in [3.05, 3.63) is 41.5 Å². The average molecular weight is 264 g/mol. The Morgan fingerprint density at radius 1 is 1.22 bits per heavy atom. The molecule has 0 fully saturated rings. The van der Waals surface area contributed by atoms with Crippen molar-refractivity contribution in [1.29, 1.82) is 0 Å². The van der Waals surface area contributed by atoms with E-state index in [0.717, 1.165) is 16.7 Å². The van der Waals surface area contributed by atoms with Gasteiger partial charge in [0.1, 0.15) is 0 Å². The molecule has 4 heteroatoms. The van der Waals surface area contributed by atoms with Crippen LogP contribution in [0.25, 0.3) is 11.1 Å². The summed E-state index contributed by atoms with van der Waals surface area (Å²) in [6.07, 6.45) is 0. The monoisotopic (exact) mass is 264 g/mol. The summed E-state index contributed by atoms with van der Waals surface area (Å²) >= 11 is -2.29. The van der Waals surface area contributed by atoms with Crippen LogP contribution in [0.4, 0.5) is 0 Å². The van der Waals surface area contributed by atoms with Gasteiger partial charge >= 0.3 is 11.4 Å². The standard InChI is InChI=1S/C14H16O3S/c1-9(2)11-5-4-6-12-10(3)7-14(13(12)8-11)17-18(15)16/h4-9H,1-3H3,(H,15,16). The van der Waals surface area contributed by atoms with Crippen LogP contribution in [0.5, 0.6) is 5.75 Å². The summed E-state index contributed by atoms with van der Waals surface area (Å²) in [5.74, 6) is 0.852. The van der Waals surface area contributed by atoms with Crippen molar-refractivity contribution in [3.63, 3.8) is 0 Å². The van der Waals surface area contributed by atoms with Crippen LogP contribution >= 0.6 is 0 Å². The van der Waals surface area contributed by atoms with Gasteiger partial charge in [0.2, 0.25) is 0 Å². The van der Waals surface area contributed by atoms with E-state index < -0.39 is 11.4 Å². The summed E-state index contributed by atoms with van der Waals surface area (Å²) in [4.78, 5) is 0. The summed E-state index contributed by atoms with van der Waals surface area (Å²) < 4.78 is 24.6. The topological polar surface area (TPSA) is 46.5 Å². The van der Waals surface area contributed by atoms with Crippen molar-refractivity contribution in [1.82, 2.24) is 0 Å². The third-order valence-electron chi connectivity index (χ3n) is 3.02. The van der Waals surface area contributed by atoms with Crippen LogP contribution < -0.4 is 4.18 Å². The van der Waals surface area contributed by atoms with Gasteiger partial charge in [0.15, 0.2) is 5.75 Å². The molecule has 0 bridgehead atoms. The van der Waals surface area contributed by atoms with Gasteiger partial charge in [0.05, 0.1) is 0 Å². The number of rotatable bonds is 3. The Labute approximate surface area is 110 Å². The van der Waals surface area contributed by atoms with E-state index in [1.165, 1.54) is 5.56 Å². The molecule has 2 aliphatic rings. The van der Waals surface area contributed by atoms with Crippen molar-refractivity contribution >= 4 is 11.4 Å². The van der Waals surface area contributed by atoms with E-state index in [1.54, 1.807) is 6.07 Å². The molecule has 0 saturated heterocycles. The quantitative estimate of drug-likeness (QED) is 0.859. The SMILES string of the molecule is Cc1cc(OS(=O)O)c2cc(C(C)C)cccc1-2. The second-order valence-corrected chi connectivity index (χ2v) is 5.25. The van der Waals surface area contributed by atoms with Crippen molar-refractivity contribution < 1.29 is 12.9 Å². The Morgan fingerprint density at radius 3 is 2.56 bits per heavy atom. The maximum Gasteiger partial charge on any atom is 0.357 e. The summed E-state index contributed by atoms with van der Waals surface area (Å²) in [6, 6.07) is 9.88. The van der Waals surface area contributed by atoms with Crippen molar-refractivity contribution in [2.75, 3.05) is 0 Å². The first-order chi connectivity index (χ1) is 8.49. The first kappa shape index (κ1) is 13.1. The highest BCUT2D eigenvalue weighted by molar-refractivity contribution is 7.74. The lowest BCUT2D eigenvalue weighted by molar-refractivity contribution is 0.459. The highest BCUT2D eigenvalue weighted by Crippen LogP contribution is 2.38. The van der Waals surface area contributed by atoms with Crippen LogP contribution in [-0.2, 0) is 11.4 Å². The van der Waals surface area contributed by atoms with Gasteiger partial charge in [0.25, 0.3) is 0 Å². The van der Waals surface area contributed by atoms with Crippen LogP contribution in [0.1, 0.15) is 30.9 Å². The lowest BCUT2D eigenvalue weighted by Crippen LogP contribution is -1.96. The van der Waals surface area contributed by atoms with Gasteiger partial charge < -0.3 is 4.18 Å². The molecule has 0 spiro atoms. The van der Waals surface area contributed by atoms with Gasteiger partial charge in [-0.25, -0.2) is 0 Å². The summed E-state index contributed by atoms with van der Waals surface area (Å²) in [5, 5.41) is 0. The molecule has 0 aromatic heterocycles. The highest BCUT2D eigenvalue weighted by atomic mass is 32.2. The van der Waals surface area contributed by atoms with Gasteiger partial charge in [-0.1, -0.05) is 32.0 Å². The molecule has 1 atom stereocenters. The Morgan fingerprint density at radius 2 is 1.94 bits per heavy atom. The smallest absolute Gasteiger partial charge is 0.357 e. The third-order valence-corrected chi connectivity index (χ3v) is 3.34. The van der Waals surface area contributed by atoms with Gasteiger partial charge in [-0.3, -0.25) is 4.55 Å². The molecular formula is C14H16O3S. The number of hydrogen-bond donors (Lipinski definition) is 1. The van der Waals surface area contributed by atoms with Crippen molar-refractivity contribution in [2.45, 2.75) is 26.7 Å². The molecular weight excluding hydrogens is 248 g/mol. The van der Waals surface area contributed by atoms with Crippen LogP contribution in [-0.4, -0.2) is 8.76 Å². The second-order valence-electron chi connectivity index (χ2n) is 4.64. The van der Waals surface area contributed by atoms with E-state index >= 15 is 0 Å². The number of fused-ring (bicyclic) bond motifs is 1. The molecule has 1 unspecified atom stereocenters. The minimum absolute atomic E-state index is 0.392. The Bertz CT molecular complexity index is 563. The fourth-order valence-corrected chi connectivity index (χ4v) is 2.33. The molecule has 0 aromatic rings. The number of aryl methyl sites for hydroxylation is 1. The molecule has 0 radical (unpaired) electrons. The normalized spacial score (nSPS) is 12.9.